The van der Waals surface area contributed by atoms with E-state index in [0.717, 1.165) is 9.35 Å². The predicted molar refractivity (Wildman–Crippen MR) is 85.5 cm³/mol. The minimum absolute atomic E-state index is 0.0271. The first kappa shape index (κ1) is 13.9. The van der Waals surface area contributed by atoms with Gasteiger partial charge in [-0.2, -0.15) is 0 Å². The van der Waals surface area contributed by atoms with E-state index in [1.807, 2.05) is 11.4 Å². The maximum atomic E-state index is 10.9. The molecule has 0 amide bonds. The molecule has 2 aromatic heterocycles. The summed E-state index contributed by atoms with van der Waals surface area (Å²) < 4.78 is 1.03. The highest BCUT2D eigenvalue weighted by atomic mass is 79.9. The average Bonchev–Trinajstić information content (AvgIpc) is 2.90. The zero-order valence-electron chi connectivity index (χ0n) is 10.6. The van der Waals surface area contributed by atoms with Gasteiger partial charge in [0.1, 0.15) is 12.1 Å². The lowest BCUT2D eigenvalue weighted by atomic mass is 10.2. The zero-order chi connectivity index (χ0) is 14.8. The molecule has 0 aliphatic heterocycles. The van der Waals surface area contributed by atoms with E-state index in [1.54, 1.807) is 17.4 Å². The third-order valence-electron chi connectivity index (χ3n) is 2.88. The van der Waals surface area contributed by atoms with Crippen LogP contribution in [0.4, 0.5) is 11.5 Å². The van der Waals surface area contributed by atoms with Crippen LogP contribution in [0.2, 0.25) is 0 Å². The highest BCUT2D eigenvalue weighted by molar-refractivity contribution is 9.10. The van der Waals surface area contributed by atoms with Gasteiger partial charge in [-0.3, -0.25) is 10.1 Å². The van der Waals surface area contributed by atoms with Crippen LogP contribution < -0.4 is 5.32 Å². The Morgan fingerprint density at radius 3 is 2.90 bits per heavy atom. The summed E-state index contributed by atoms with van der Waals surface area (Å²) in [6, 6.07) is 6.57. The van der Waals surface area contributed by atoms with Gasteiger partial charge in [0.15, 0.2) is 0 Å². The number of thiophene rings is 1. The SMILES string of the molecule is O=[N+]([O-])c1ccc2ncnc(NCc3cc(Br)cs3)c2c1. The molecule has 6 nitrogen and oxygen atoms in total. The summed E-state index contributed by atoms with van der Waals surface area (Å²) in [5, 5.41) is 16.7. The van der Waals surface area contributed by atoms with Crippen LogP contribution in [0, 0.1) is 10.1 Å². The molecular weight excluding hydrogens is 356 g/mol. The van der Waals surface area contributed by atoms with E-state index in [-0.39, 0.29) is 5.69 Å². The third kappa shape index (κ3) is 3.01. The quantitative estimate of drug-likeness (QED) is 0.559. The van der Waals surface area contributed by atoms with Crippen molar-refractivity contribution in [3.8, 4) is 0 Å². The molecule has 0 aliphatic carbocycles. The summed E-state index contributed by atoms with van der Waals surface area (Å²) in [5.74, 6) is 0.591. The number of rotatable bonds is 4. The maximum Gasteiger partial charge on any atom is 0.270 e. The molecule has 0 spiro atoms. The van der Waals surface area contributed by atoms with Gasteiger partial charge >= 0.3 is 0 Å². The fourth-order valence-corrected chi connectivity index (χ4v) is 3.31. The van der Waals surface area contributed by atoms with Gasteiger partial charge in [-0.25, -0.2) is 9.97 Å². The molecule has 0 unspecified atom stereocenters. The first-order chi connectivity index (χ1) is 10.1. The topological polar surface area (TPSA) is 81.0 Å². The number of non-ortho nitro benzene ring substituents is 1. The summed E-state index contributed by atoms with van der Waals surface area (Å²) in [6.45, 7) is 0.602. The molecule has 0 radical (unpaired) electrons. The summed E-state index contributed by atoms with van der Waals surface area (Å²) in [6.07, 6.45) is 1.45. The summed E-state index contributed by atoms with van der Waals surface area (Å²) in [7, 11) is 0. The second-order valence-corrected chi connectivity index (χ2v) is 6.18. The van der Waals surface area contributed by atoms with E-state index in [2.05, 4.69) is 31.2 Å². The van der Waals surface area contributed by atoms with Gasteiger partial charge in [-0.1, -0.05) is 0 Å². The second-order valence-electron chi connectivity index (χ2n) is 4.27. The van der Waals surface area contributed by atoms with Gasteiger partial charge in [0, 0.05) is 32.2 Å². The van der Waals surface area contributed by atoms with Crippen LogP contribution in [-0.2, 0) is 6.54 Å². The van der Waals surface area contributed by atoms with E-state index in [0.29, 0.717) is 23.3 Å². The van der Waals surface area contributed by atoms with Gasteiger partial charge in [-0.15, -0.1) is 11.3 Å². The van der Waals surface area contributed by atoms with Gasteiger partial charge in [0.25, 0.3) is 5.69 Å². The minimum Gasteiger partial charge on any atom is -0.365 e. The van der Waals surface area contributed by atoms with E-state index >= 15 is 0 Å². The number of fused-ring (bicyclic) bond motifs is 1. The first-order valence-electron chi connectivity index (χ1n) is 5.99. The lowest BCUT2D eigenvalue weighted by molar-refractivity contribution is -0.384. The summed E-state index contributed by atoms with van der Waals surface area (Å²) in [4.78, 5) is 19.9. The van der Waals surface area contributed by atoms with Crippen molar-refractivity contribution in [1.29, 1.82) is 0 Å². The second kappa shape index (κ2) is 5.74. The van der Waals surface area contributed by atoms with Crippen molar-refractivity contribution in [3.05, 3.63) is 55.4 Å². The molecule has 0 fully saturated rings. The molecule has 0 saturated heterocycles. The number of hydrogen-bond donors (Lipinski definition) is 1. The number of nitrogens with one attached hydrogen (secondary N) is 1. The van der Waals surface area contributed by atoms with E-state index in [4.69, 9.17) is 0 Å². The molecule has 8 heteroatoms. The molecule has 3 aromatic rings. The molecule has 0 atom stereocenters. The molecule has 1 N–H and O–H groups in total. The number of nitro benzene ring substituents is 1. The van der Waals surface area contributed by atoms with Crippen LogP contribution >= 0.6 is 27.3 Å². The molecular formula is C13H9BrN4O2S. The normalized spacial score (nSPS) is 10.7. The average molecular weight is 365 g/mol. The van der Waals surface area contributed by atoms with Crippen LogP contribution in [0.5, 0.6) is 0 Å². The molecule has 1 aromatic carbocycles. The molecule has 3 rings (SSSR count). The van der Waals surface area contributed by atoms with E-state index in [9.17, 15) is 10.1 Å². The van der Waals surface area contributed by atoms with E-state index in [1.165, 1.54) is 18.5 Å². The fraction of sp³-hybridized carbons (Fsp3) is 0.0769. The molecule has 106 valence electrons. The Morgan fingerprint density at radius 1 is 1.33 bits per heavy atom. The summed E-state index contributed by atoms with van der Waals surface area (Å²) in [5.41, 5.74) is 0.699. The van der Waals surface area contributed by atoms with Crippen molar-refractivity contribution >= 4 is 49.7 Å². The van der Waals surface area contributed by atoms with Crippen LogP contribution in [0.3, 0.4) is 0 Å². The van der Waals surface area contributed by atoms with Crippen molar-refractivity contribution in [2.24, 2.45) is 0 Å². The molecule has 0 saturated carbocycles. The minimum atomic E-state index is -0.424. The molecule has 21 heavy (non-hydrogen) atoms. The number of aromatic nitrogens is 2. The van der Waals surface area contributed by atoms with Gasteiger partial charge in [0.2, 0.25) is 0 Å². The van der Waals surface area contributed by atoms with Crippen LogP contribution in [0.15, 0.2) is 40.4 Å². The Kier molecular flexibility index (Phi) is 3.80. The van der Waals surface area contributed by atoms with Crippen molar-refractivity contribution in [3.63, 3.8) is 0 Å². The molecule has 2 heterocycles. The fourth-order valence-electron chi connectivity index (χ4n) is 1.92. The Balaban J connectivity index is 1.93. The zero-order valence-corrected chi connectivity index (χ0v) is 13.0. The van der Waals surface area contributed by atoms with Gasteiger partial charge in [0.05, 0.1) is 17.0 Å². The highest BCUT2D eigenvalue weighted by Gasteiger charge is 2.10. The first-order valence-corrected chi connectivity index (χ1v) is 7.66. The van der Waals surface area contributed by atoms with Crippen LogP contribution in [-0.4, -0.2) is 14.9 Å². The lowest BCUT2D eigenvalue weighted by Crippen LogP contribution is -2.01. The summed E-state index contributed by atoms with van der Waals surface area (Å²) >= 11 is 5.03. The van der Waals surface area contributed by atoms with Gasteiger partial charge < -0.3 is 5.32 Å². The monoisotopic (exact) mass is 364 g/mol. The number of halogens is 1. The third-order valence-corrected chi connectivity index (χ3v) is 4.58. The Hall–Kier alpha value is -2.06. The highest BCUT2D eigenvalue weighted by Crippen LogP contribution is 2.26. The largest absolute Gasteiger partial charge is 0.365 e. The van der Waals surface area contributed by atoms with Crippen LogP contribution in [0.1, 0.15) is 4.88 Å². The standard InChI is InChI=1S/C13H9BrN4O2S/c14-8-3-10(21-6-8)5-15-13-11-4-9(18(19)20)1-2-12(11)16-7-17-13/h1-4,6-7H,5H2,(H,15,16,17). The van der Waals surface area contributed by atoms with Crippen molar-refractivity contribution < 1.29 is 4.92 Å². The van der Waals surface area contributed by atoms with Crippen molar-refractivity contribution in [1.82, 2.24) is 9.97 Å². The maximum absolute atomic E-state index is 10.9. The number of hydrogen-bond acceptors (Lipinski definition) is 6. The molecule has 0 aliphatic rings. The number of nitrogens with zero attached hydrogens (tertiary/aromatic N) is 3. The molecule has 0 bridgehead atoms. The number of nitro groups is 1. The van der Waals surface area contributed by atoms with Crippen molar-refractivity contribution in [2.45, 2.75) is 6.54 Å². The number of anilines is 1. The van der Waals surface area contributed by atoms with Gasteiger partial charge in [-0.05, 0) is 28.1 Å². The van der Waals surface area contributed by atoms with E-state index < -0.39 is 4.92 Å². The van der Waals surface area contributed by atoms with Crippen LogP contribution in [0.25, 0.3) is 10.9 Å². The predicted octanol–water partition coefficient (Wildman–Crippen LogP) is 3.97. The smallest absolute Gasteiger partial charge is 0.270 e. The Labute approximate surface area is 132 Å². The van der Waals surface area contributed by atoms with Crippen molar-refractivity contribution in [2.75, 3.05) is 5.32 Å². The lowest BCUT2D eigenvalue weighted by Gasteiger charge is -2.07. The Bertz CT molecular complexity index is 821. The number of benzene rings is 1. The Morgan fingerprint density at radius 2 is 2.19 bits per heavy atom.